The van der Waals surface area contributed by atoms with E-state index in [2.05, 4.69) is 23.6 Å². The smallest absolute Gasteiger partial charge is 0.249 e. The Labute approximate surface area is 210 Å². The third-order valence-corrected chi connectivity index (χ3v) is 7.21. The summed E-state index contributed by atoms with van der Waals surface area (Å²) in [4.78, 5) is 41.2. The van der Waals surface area contributed by atoms with Crippen LogP contribution in [0.15, 0.2) is 30.5 Å². The van der Waals surface area contributed by atoms with Gasteiger partial charge in [0.25, 0.3) is 0 Å². The molecular weight excluding hydrogens is 461 g/mol. The second-order valence-corrected chi connectivity index (χ2v) is 9.61. The molecule has 3 amide bonds. The van der Waals surface area contributed by atoms with Gasteiger partial charge in [0.05, 0.1) is 5.69 Å². The van der Waals surface area contributed by atoms with Gasteiger partial charge in [0.2, 0.25) is 18.2 Å². The summed E-state index contributed by atoms with van der Waals surface area (Å²) in [6, 6.07) is 7.07. The van der Waals surface area contributed by atoms with Crippen molar-refractivity contribution in [1.82, 2.24) is 20.5 Å². The Hall–Kier alpha value is -3.59. The zero-order valence-corrected chi connectivity index (χ0v) is 20.6. The van der Waals surface area contributed by atoms with Gasteiger partial charge in [-0.1, -0.05) is 18.2 Å². The summed E-state index contributed by atoms with van der Waals surface area (Å²) < 4.78 is 15.2. The van der Waals surface area contributed by atoms with Crippen LogP contribution in [0.1, 0.15) is 65.2 Å². The lowest BCUT2D eigenvalue weighted by atomic mass is 9.76. The average Bonchev–Trinajstić information content (AvgIpc) is 2.82. The number of halogens is 1. The van der Waals surface area contributed by atoms with E-state index in [4.69, 9.17) is 10.7 Å². The number of aryl methyl sites for hydroxylation is 1. The number of pyridine rings is 1. The zero-order chi connectivity index (χ0) is 25.8. The Bertz CT molecular complexity index is 1190. The summed E-state index contributed by atoms with van der Waals surface area (Å²) in [6.45, 7) is 4.24. The van der Waals surface area contributed by atoms with Crippen molar-refractivity contribution < 1.29 is 18.8 Å². The molecule has 1 aromatic heterocycles. The molecule has 2 fully saturated rings. The number of imide groups is 1. The summed E-state index contributed by atoms with van der Waals surface area (Å²) in [7, 11) is 0. The number of hydrogen-bond acceptors (Lipinski definition) is 6. The van der Waals surface area contributed by atoms with Crippen LogP contribution in [-0.4, -0.2) is 40.2 Å². The third kappa shape index (κ3) is 5.46. The van der Waals surface area contributed by atoms with Crippen molar-refractivity contribution >= 4 is 24.3 Å². The Morgan fingerprint density at radius 1 is 1.19 bits per heavy atom. The molecule has 1 saturated carbocycles. The minimum absolute atomic E-state index is 0.0985. The maximum absolute atomic E-state index is 15.2. The van der Waals surface area contributed by atoms with Gasteiger partial charge in [0.15, 0.2) is 0 Å². The molecule has 1 aromatic carbocycles. The molecule has 9 heteroatoms. The van der Waals surface area contributed by atoms with Crippen molar-refractivity contribution in [3.8, 4) is 0 Å². The second-order valence-electron chi connectivity index (χ2n) is 9.61. The van der Waals surface area contributed by atoms with Crippen LogP contribution < -0.4 is 16.4 Å². The van der Waals surface area contributed by atoms with Crippen LogP contribution >= 0.6 is 0 Å². The fourth-order valence-electron chi connectivity index (χ4n) is 4.93. The highest BCUT2D eigenvalue weighted by Gasteiger charge is 2.33. The van der Waals surface area contributed by atoms with E-state index in [0.29, 0.717) is 35.6 Å². The number of hydrogen-bond donors (Lipinski definition) is 3. The number of piperidine rings is 1. The van der Waals surface area contributed by atoms with Crippen molar-refractivity contribution in [2.75, 3.05) is 0 Å². The van der Waals surface area contributed by atoms with Gasteiger partial charge in [0.1, 0.15) is 11.9 Å². The summed E-state index contributed by atoms with van der Waals surface area (Å²) in [5.74, 6) is -0.792. The first-order valence-corrected chi connectivity index (χ1v) is 12.2. The molecular formula is C27H32FN5O3. The molecule has 0 bridgehead atoms. The number of rotatable bonds is 9. The van der Waals surface area contributed by atoms with Gasteiger partial charge in [-0.2, -0.15) is 0 Å². The van der Waals surface area contributed by atoms with Crippen LogP contribution in [0.3, 0.4) is 0 Å². The zero-order valence-electron chi connectivity index (χ0n) is 20.6. The summed E-state index contributed by atoms with van der Waals surface area (Å²) in [6.07, 6.45) is 6.15. The fraction of sp³-hybridized carbons (Fsp3) is 0.407. The van der Waals surface area contributed by atoms with Gasteiger partial charge in [-0.25, -0.2) is 4.39 Å². The molecule has 190 valence electrons. The van der Waals surface area contributed by atoms with E-state index in [0.717, 1.165) is 29.8 Å². The number of benzene rings is 1. The molecule has 1 aliphatic heterocycles. The van der Waals surface area contributed by atoms with Gasteiger partial charge >= 0.3 is 0 Å². The number of nitrogens with zero attached hydrogens (tertiary/aromatic N) is 2. The first-order valence-electron chi connectivity index (χ1n) is 12.2. The highest BCUT2D eigenvalue weighted by atomic mass is 19.1. The van der Waals surface area contributed by atoms with Crippen LogP contribution in [0.4, 0.5) is 4.39 Å². The number of nitrogens with two attached hydrogens (primary N) is 1. The van der Waals surface area contributed by atoms with Crippen LogP contribution in [0, 0.1) is 19.7 Å². The van der Waals surface area contributed by atoms with E-state index in [1.54, 1.807) is 25.1 Å². The fourth-order valence-corrected chi connectivity index (χ4v) is 4.93. The molecule has 2 aromatic rings. The number of aromatic nitrogens is 1. The Balaban J connectivity index is 1.34. The maximum Gasteiger partial charge on any atom is 0.249 e. The lowest BCUT2D eigenvalue weighted by molar-refractivity contribution is -0.141. The van der Waals surface area contributed by atoms with Crippen LogP contribution in [0.2, 0.25) is 0 Å². The Morgan fingerprint density at radius 2 is 1.94 bits per heavy atom. The number of nitrogens with one attached hydrogen (secondary N) is 2. The van der Waals surface area contributed by atoms with E-state index in [9.17, 15) is 14.4 Å². The molecule has 0 radical (unpaired) electrons. The molecule has 1 atom stereocenters. The standard InChI is InChI=1S/C27H32FN5O3/c1-16-3-6-21(9-10-29)31-26(16)20-11-22(12-20)30-13-18-4-5-19(17(2)25(18)28)14-33(15-34)23-7-8-24(35)32-27(23)36/h3-6,9-10,15,20,22-23,30H,7-8,11-14,29H2,1-2H3,(H,32,35,36)/b10-9-. The molecule has 8 nitrogen and oxygen atoms in total. The molecule has 2 heterocycles. The van der Waals surface area contributed by atoms with Crippen LogP contribution in [0.25, 0.3) is 6.08 Å². The van der Waals surface area contributed by atoms with Crippen LogP contribution in [0.5, 0.6) is 0 Å². The lowest BCUT2D eigenvalue weighted by Crippen LogP contribution is -2.51. The maximum atomic E-state index is 15.2. The molecule has 4 N–H and O–H groups in total. The number of carbonyl (C=O) groups excluding carboxylic acids is 3. The summed E-state index contributed by atoms with van der Waals surface area (Å²) >= 11 is 0. The molecule has 1 aliphatic carbocycles. The van der Waals surface area contributed by atoms with Crippen molar-refractivity contribution in [3.63, 3.8) is 0 Å². The van der Waals surface area contributed by atoms with Gasteiger partial charge in [-0.3, -0.25) is 24.7 Å². The molecule has 2 aliphatic rings. The molecule has 4 rings (SSSR count). The van der Waals surface area contributed by atoms with Gasteiger partial charge in [-0.15, -0.1) is 0 Å². The first-order chi connectivity index (χ1) is 17.3. The van der Waals surface area contributed by atoms with Crippen LogP contribution in [-0.2, 0) is 27.5 Å². The second kappa shape index (κ2) is 11.0. The highest BCUT2D eigenvalue weighted by Crippen LogP contribution is 2.37. The predicted octanol–water partition coefficient (Wildman–Crippen LogP) is 2.57. The van der Waals surface area contributed by atoms with Gasteiger partial charge < -0.3 is 16.0 Å². The van der Waals surface area contributed by atoms with E-state index >= 15 is 4.39 Å². The van der Waals surface area contributed by atoms with Gasteiger partial charge in [0, 0.05) is 42.7 Å². The summed E-state index contributed by atoms with van der Waals surface area (Å²) in [5, 5.41) is 5.70. The largest absolute Gasteiger partial charge is 0.405 e. The monoisotopic (exact) mass is 493 g/mol. The molecule has 0 spiro atoms. The average molecular weight is 494 g/mol. The van der Waals surface area contributed by atoms with Gasteiger partial charge in [-0.05, 0) is 68.1 Å². The highest BCUT2D eigenvalue weighted by molar-refractivity contribution is 6.00. The minimum Gasteiger partial charge on any atom is -0.405 e. The first kappa shape index (κ1) is 25.5. The van der Waals surface area contributed by atoms with E-state index < -0.39 is 11.9 Å². The lowest BCUT2D eigenvalue weighted by Gasteiger charge is -2.36. The van der Waals surface area contributed by atoms with E-state index in [1.165, 1.54) is 11.1 Å². The SMILES string of the molecule is Cc1ccc(/C=C\N)nc1C1CC(NCc2ccc(CN(C=O)C3CCC(=O)NC3=O)c(C)c2F)C1. The van der Waals surface area contributed by atoms with Crippen molar-refractivity contribution in [2.24, 2.45) is 5.73 Å². The third-order valence-electron chi connectivity index (χ3n) is 7.21. The number of amides is 3. The Kier molecular flexibility index (Phi) is 7.79. The number of carbonyl (C=O) groups is 3. The molecule has 1 unspecified atom stereocenters. The topological polar surface area (TPSA) is 117 Å². The Morgan fingerprint density at radius 3 is 2.64 bits per heavy atom. The van der Waals surface area contributed by atoms with Crippen molar-refractivity contribution in [2.45, 2.75) is 70.6 Å². The molecule has 36 heavy (non-hydrogen) atoms. The van der Waals surface area contributed by atoms with E-state index in [-0.39, 0.29) is 37.2 Å². The quantitative estimate of drug-likeness (QED) is 0.365. The normalized spacial score (nSPS) is 21.8. The molecule has 1 saturated heterocycles. The van der Waals surface area contributed by atoms with Crippen molar-refractivity contribution in [3.05, 3.63) is 69.9 Å². The minimum atomic E-state index is -0.735. The summed E-state index contributed by atoms with van der Waals surface area (Å²) in [5.41, 5.74) is 10.2. The predicted molar refractivity (Wildman–Crippen MR) is 134 cm³/mol. The van der Waals surface area contributed by atoms with E-state index in [1.807, 2.05) is 6.07 Å². The van der Waals surface area contributed by atoms with Crippen molar-refractivity contribution in [1.29, 1.82) is 0 Å².